The summed E-state index contributed by atoms with van der Waals surface area (Å²) >= 11 is 0. The minimum Gasteiger partial charge on any atom is -0.307 e. The van der Waals surface area contributed by atoms with Gasteiger partial charge in [-0.1, -0.05) is 72.3 Å². The fourth-order valence-corrected chi connectivity index (χ4v) is 4.17. The van der Waals surface area contributed by atoms with Crippen LogP contribution in [0, 0.1) is 6.92 Å². The van der Waals surface area contributed by atoms with E-state index in [1.165, 1.54) is 12.1 Å². The van der Waals surface area contributed by atoms with Crippen LogP contribution in [0.5, 0.6) is 0 Å². The number of carbonyl (C=O) groups excluding carboxylic acids is 1. The second-order valence-corrected chi connectivity index (χ2v) is 9.36. The third-order valence-corrected chi connectivity index (χ3v) is 6.35. The topological polar surface area (TPSA) is 80.5 Å². The van der Waals surface area contributed by atoms with Gasteiger partial charge < -0.3 is 4.90 Å². The van der Waals surface area contributed by atoms with Crippen molar-refractivity contribution in [3.05, 3.63) is 113 Å². The minimum absolute atomic E-state index is 0.0504. The van der Waals surface area contributed by atoms with E-state index in [2.05, 4.69) is 0 Å². The highest BCUT2D eigenvalue weighted by atomic mass is 32.2. The number of amides is 1. The highest BCUT2D eigenvalue weighted by Crippen LogP contribution is 2.31. The normalized spacial score (nSPS) is 15.3. The Bertz CT molecular complexity index is 1290. The van der Waals surface area contributed by atoms with Gasteiger partial charge in [-0.15, -0.1) is 0 Å². The van der Waals surface area contributed by atoms with Crippen molar-refractivity contribution in [2.75, 3.05) is 6.54 Å². The highest BCUT2D eigenvalue weighted by molar-refractivity contribution is 7.89. The van der Waals surface area contributed by atoms with Gasteiger partial charge in [-0.3, -0.25) is 4.79 Å². The fraction of sp³-hybridized carbons (Fsp3) is 0.115. The van der Waals surface area contributed by atoms with Crippen LogP contribution in [0.25, 0.3) is 11.8 Å². The molecular formula is C26H24N2O3S. The molecule has 0 bridgehead atoms. The van der Waals surface area contributed by atoms with Crippen LogP contribution in [0.4, 0.5) is 0 Å². The lowest BCUT2D eigenvalue weighted by Crippen LogP contribution is -2.27. The molecule has 2 N–H and O–H groups in total. The molecule has 0 aliphatic carbocycles. The lowest BCUT2D eigenvalue weighted by Gasteiger charge is -2.21. The monoisotopic (exact) mass is 444 g/mol. The van der Waals surface area contributed by atoms with Crippen LogP contribution < -0.4 is 5.14 Å². The van der Waals surface area contributed by atoms with Gasteiger partial charge in [-0.05, 0) is 54.3 Å². The highest BCUT2D eigenvalue weighted by Gasteiger charge is 2.28. The predicted molar refractivity (Wildman–Crippen MR) is 127 cm³/mol. The van der Waals surface area contributed by atoms with E-state index in [0.29, 0.717) is 18.5 Å². The van der Waals surface area contributed by atoms with Gasteiger partial charge in [0.1, 0.15) is 0 Å². The Morgan fingerprint density at radius 3 is 2.19 bits per heavy atom. The van der Waals surface area contributed by atoms with Gasteiger partial charge in [-0.25, -0.2) is 13.6 Å². The predicted octanol–water partition coefficient (Wildman–Crippen LogP) is 4.15. The summed E-state index contributed by atoms with van der Waals surface area (Å²) in [5.74, 6) is -0.0504. The molecule has 162 valence electrons. The molecule has 4 rings (SSSR count). The van der Waals surface area contributed by atoms with Crippen molar-refractivity contribution in [1.82, 2.24) is 4.90 Å². The van der Waals surface area contributed by atoms with Gasteiger partial charge >= 0.3 is 0 Å². The summed E-state index contributed by atoms with van der Waals surface area (Å²) in [6, 6.07) is 24.3. The number of primary sulfonamides is 1. The molecule has 0 spiro atoms. The Morgan fingerprint density at radius 1 is 0.906 bits per heavy atom. The number of nitrogens with two attached hydrogens (primary N) is 1. The third-order valence-electron chi connectivity index (χ3n) is 5.42. The van der Waals surface area contributed by atoms with Gasteiger partial charge in [0.25, 0.3) is 5.91 Å². The van der Waals surface area contributed by atoms with Gasteiger partial charge in [0.2, 0.25) is 10.0 Å². The first-order chi connectivity index (χ1) is 15.3. The Labute approximate surface area is 188 Å². The molecule has 1 heterocycles. The standard InChI is InChI=1S/C26H24N2O3S/c1-19-7-11-22(12-8-19)25-18-23(17-21-5-3-2-4-6-21)26(29)28(25)16-15-20-9-13-24(14-10-20)32(27,30)31/h2-14,17-18H,15-16H2,1H3,(H2,27,30,31)/b23-17-. The Morgan fingerprint density at radius 2 is 1.56 bits per heavy atom. The van der Waals surface area contributed by atoms with Crippen LogP contribution in [-0.4, -0.2) is 25.8 Å². The molecule has 6 heteroatoms. The molecule has 1 aliphatic heterocycles. The molecule has 1 amide bonds. The van der Waals surface area contributed by atoms with Crippen LogP contribution >= 0.6 is 0 Å². The summed E-state index contributed by atoms with van der Waals surface area (Å²) in [7, 11) is -3.73. The molecule has 3 aromatic rings. The number of carbonyl (C=O) groups is 1. The number of hydrogen-bond acceptors (Lipinski definition) is 3. The molecule has 0 atom stereocenters. The van der Waals surface area contributed by atoms with Gasteiger partial charge in [0.05, 0.1) is 10.6 Å². The minimum atomic E-state index is -3.73. The van der Waals surface area contributed by atoms with Crippen molar-refractivity contribution in [3.8, 4) is 0 Å². The van der Waals surface area contributed by atoms with Crippen LogP contribution in [0.1, 0.15) is 22.3 Å². The van der Waals surface area contributed by atoms with Gasteiger partial charge in [0, 0.05) is 12.1 Å². The lowest BCUT2D eigenvalue weighted by molar-refractivity contribution is -0.122. The van der Waals surface area contributed by atoms with Crippen LogP contribution in [0.3, 0.4) is 0 Å². The molecule has 0 aromatic heterocycles. The molecule has 32 heavy (non-hydrogen) atoms. The van der Waals surface area contributed by atoms with Crippen molar-refractivity contribution in [1.29, 1.82) is 0 Å². The molecule has 0 saturated carbocycles. The Kier molecular flexibility index (Phi) is 6.08. The first-order valence-corrected chi connectivity index (χ1v) is 11.8. The van der Waals surface area contributed by atoms with Gasteiger partial charge in [-0.2, -0.15) is 0 Å². The molecule has 5 nitrogen and oxygen atoms in total. The number of benzene rings is 3. The molecule has 0 saturated heterocycles. The van der Waals surface area contributed by atoms with E-state index in [-0.39, 0.29) is 10.8 Å². The Balaban J connectivity index is 1.61. The van der Waals surface area contributed by atoms with Crippen molar-refractivity contribution < 1.29 is 13.2 Å². The SMILES string of the molecule is Cc1ccc(C2=C/C(=C/c3ccccc3)C(=O)N2CCc2ccc(S(N)(=O)=O)cc2)cc1. The Hall–Kier alpha value is -3.48. The molecule has 1 aliphatic rings. The lowest BCUT2D eigenvalue weighted by atomic mass is 10.1. The number of nitrogens with zero attached hydrogens (tertiary/aromatic N) is 1. The van der Waals surface area contributed by atoms with E-state index in [1.807, 2.05) is 73.7 Å². The number of rotatable bonds is 6. The van der Waals surface area contributed by atoms with Crippen molar-refractivity contribution >= 4 is 27.7 Å². The van der Waals surface area contributed by atoms with E-state index in [4.69, 9.17) is 5.14 Å². The molecule has 0 unspecified atom stereocenters. The average molecular weight is 445 g/mol. The second-order valence-electron chi connectivity index (χ2n) is 7.80. The van der Waals surface area contributed by atoms with Crippen LogP contribution in [-0.2, 0) is 21.2 Å². The fourth-order valence-electron chi connectivity index (χ4n) is 3.66. The number of sulfonamides is 1. The molecule has 3 aromatic carbocycles. The first kappa shape index (κ1) is 21.7. The van der Waals surface area contributed by atoms with Crippen LogP contribution in [0.15, 0.2) is 95.4 Å². The van der Waals surface area contributed by atoms with E-state index < -0.39 is 10.0 Å². The quantitative estimate of drug-likeness (QED) is 0.580. The zero-order valence-corrected chi connectivity index (χ0v) is 18.5. The smallest absolute Gasteiger partial charge is 0.258 e. The molecular weight excluding hydrogens is 420 g/mol. The summed E-state index contributed by atoms with van der Waals surface area (Å²) in [6.07, 6.45) is 4.42. The van der Waals surface area contributed by atoms with Gasteiger partial charge in [0.15, 0.2) is 0 Å². The number of hydrogen-bond donors (Lipinski definition) is 1. The summed E-state index contributed by atoms with van der Waals surface area (Å²) in [6.45, 7) is 2.50. The summed E-state index contributed by atoms with van der Waals surface area (Å²) in [5, 5.41) is 5.18. The maximum absolute atomic E-state index is 13.3. The van der Waals surface area contributed by atoms with E-state index in [1.54, 1.807) is 17.0 Å². The zero-order chi connectivity index (χ0) is 22.7. The van der Waals surface area contributed by atoms with E-state index in [0.717, 1.165) is 28.0 Å². The summed E-state index contributed by atoms with van der Waals surface area (Å²) in [4.78, 5) is 15.1. The molecule has 0 fully saturated rings. The van der Waals surface area contributed by atoms with Crippen molar-refractivity contribution in [2.45, 2.75) is 18.2 Å². The van der Waals surface area contributed by atoms with Crippen molar-refractivity contribution in [3.63, 3.8) is 0 Å². The zero-order valence-electron chi connectivity index (χ0n) is 17.7. The second kappa shape index (κ2) is 8.94. The maximum atomic E-state index is 13.3. The summed E-state index contributed by atoms with van der Waals surface area (Å²) in [5.41, 5.74) is 5.52. The van der Waals surface area contributed by atoms with Crippen molar-refractivity contribution in [2.24, 2.45) is 5.14 Å². The first-order valence-electron chi connectivity index (χ1n) is 10.3. The van der Waals surface area contributed by atoms with E-state index in [9.17, 15) is 13.2 Å². The average Bonchev–Trinajstić information content (AvgIpc) is 3.08. The largest absolute Gasteiger partial charge is 0.307 e. The molecule has 0 radical (unpaired) electrons. The maximum Gasteiger partial charge on any atom is 0.258 e. The summed E-state index contributed by atoms with van der Waals surface area (Å²) < 4.78 is 23.0. The van der Waals surface area contributed by atoms with E-state index >= 15 is 0 Å². The third kappa shape index (κ3) is 4.88. The number of aryl methyl sites for hydroxylation is 1. The van der Waals surface area contributed by atoms with Crippen LogP contribution in [0.2, 0.25) is 0 Å².